The normalized spacial score (nSPS) is 13.4. The van der Waals surface area contributed by atoms with Crippen molar-refractivity contribution in [3.63, 3.8) is 0 Å². The first-order valence-electron chi connectivity index (χ1n) is 4.61. The molecule has 11 heavy (non-hydrogen) atoms. The summed E-state index contributed by atoms with van der Waals surface area (Å²) in [6.07, 6.45) is 4.03. The van der Waals surface area contributed by atoms with Crippen LogP contribution in [0.5, 0.6) is 0 Å². The average Bonchev–Trinajstić information content (AvgIpc) is 2.03. The first-order chi connectivity index (χ1) is 5.35. The molecule has 0 aliphatic heterocycles. The van der Waals surface area contributed by atoms with E-state index in [-0.39, 0.29) is 0 Å². The molecule has 0 fully saturated rings. The highest BCUT2D eigenvalue weighted by Crippen LogP contribution is 2.05. The molecule has 1 unspecified atom stereocenters. The highest BCUT2D eigenvalue weighted by atomic mass is 16.5. The Morgan fingerprint density at radius 2 is 2.09 bits per heavy atom. The molecule has 0 aliphatic carbocycles. The molecule has 0 aromatic carbocycles. The predicted molar refractivity (Wildman–Crippen MR) is 48.9 cm³/mol. The molecule has 1 N–H and O–H groups in total. The second kappa shape index (κ2) is 8.02. The van der Waals surface area contributed by atoms with E-state index in [0.717, 1.165) is 19.6 Å². The zero-order chi connectivity index (χ0) is 8.53. The second-order valence-electron chi connectivity index (χ2n) is 2.79. The number of rotatable bonds is 7. The smallest absolute Gasteiger partial charge is 0.0594 e. The van der Waals surface area contributed by atoms with Crippen LogP contribution in [-0.4, -0.2) is 26.3 Å². The van der Waals surface area contributed by atoms with E-state index in [9.17, 15) is 0 Å². The Kier molecular flexibility index (Phi) is 7.96. The molecule has 0 heterocycles. The number of ether oxygens (including phenoxy) is 1. The van der Waals surface area contributed by atoms with Crippen molar-refractivity contribution in [1.29, 1.82) is 0 Å². The molecule has 0 aromatic rings. The third-order valence-electron chi connectivity index (χ3n) is 1.77. The first kappa shape index (κ1) is 10.9. The third kappa shape index (κ3) is 6.32. The number of likely N-dealkylation sites (N-methyl/N-ethyl adjacent to an activating group) is 1. The summed E-state index contributed by atoms with van der Waals surface area (Å²) in [5, 5.41) is 3.06. The molecular formula is C9H21NO. The van der Waals surface area contributed by atoms with E-state index >= 15 is 0 Å². The van der Waals surface area contributed by atoms with Gasteiger partial charge in [-0.15, -0.1) is 0 Å². The lowest BCUT2D eigenvalue weighted by Gasteiger charge is -2.14. The van der Waals surface area contributed by atoms with Crippen LogP contribution in [0.3, 0.4) is 0 Å². The topological polar surface area (TPSA) is 21.3 Å². The zero-order valence-corrected chi connectivity index (χ0v) is 8.02. The Bertz CT molecular complexity index is 76.0. The van der Waals surface area contributed by atoms with Gasteiger partial charge in [-0.25, -0.2) is 0 Å². The monoisotopic (exact) mass is 159 g/mol. The molecule has 2 heteroatoms. The summed E-state index contributed by atoms with van der Waals surface area (Å²) >= 11 is 0. The molecule has 0 aromatic heterocycles. The third-order valence-corrected chi connectivity index (χ3v) is 1.77. The highest BCUT2D eigenvalue weighted by molar-refractivity contribution is 4.53. The Hall–Kier alpha value is -0.0800. The van der Waals surface area contributed by atoms with E-state index in [1.54, 1.807) is 0 Å². The van der Waals surface area contributed by atoms with E-state index in [1.165, 1.54) is 12.8 Å². The fraction of sp³-hybridized carbons (Fsp3) is 1.00. The predicted octanol–water partition coefficient (Wildman–Crippen LogP) is 1.80. The van der Waals surface area contributed by atoms with Crippen molar-refractivity contribution in [2.75, 3.05) is 20.2 Å². The van der Waals surface area contributed by atoms with E-state index < -0.39 is 0 Å². The van der Waals surface area contributed by atoms with E-state index in [1.807, 2.05) is 7.05 Å². The quantitative estimate of drug-likeness (QED) is 0.572. The lowest BCUT2D eigenvalue weighted by molar-refractivity contribution is 0.0472. The Morgan fingerprint density at radius 1 is 1.36 bits per heavy atom. The standard InChI is InChI=1S/C9H21NO/c1-4-6-9(5-2)11-8-7-10-3/h9-10H,4-8H2,1-3H3. The maximum atomic E-state index is 5.61. The van der Waals surface area contributed by atoms with Gasteiger partial charge in [-0.3, -0.25) is 0 Å². The number of hydrogen-bond acceptors (Lipinski definition) is 2. The van der Waals surface area contributed by atoms with Gasteiger partial charge in [0, 0.05) is 6.54 Å². The SMILES string of the molecule is CCCC(CC)OCCNC. The lowest BCUT2D eigenvalue weighted by Crippen LogP contribution is -2.19. The van der Waals surface area contributed by atoms with Crippen molar-refractivity contribution in [2.45, 2.75) is 39.2 Å². The molecule has 1 atom stereocenters. The Labute approximate surface area is 70.3 Å². The minimum absolute atomic E-state index is 0.480. The summed E-state index contributed by atoms with van der Waals surface area (Å²) in [5.41, 5.74) is 0. The van der Waals surface area contributed by atoms with Crippen molar-refractivity contribution < 1.29 is 4.74 Å². The lowest BCUT2D eigenvalue weighted by atomic mass is 10.2. The molecule has 0 amide bonds. The summed E-state index contributed by atoms with van der Waals surface area (Å²) in [4.78, 5) is 0. The van der Waals surface area contributed by atoms with Crippen LogP contribution in [0.2, 0.25) is 0 Å². The largest absolute Gasteiger partial charge is 0.377 e. The minimum atomic E-state index is 0.480. The van der Waals surface area contributed by atoms with Crippen LogP contribution < -0.4 is 5.32 Å². The minimum Gasteiger partial charge on any atom is -0.377 e. The van der Waals surface area contributed by atoms with E-state index in [2.05, 4.69) is 19.2 Å². The van der Waals surface area contributed by atoms with Gasteiger partial charge in [0.25, 0.3) is 0 Å². The van der Waals surface area contributed by atoms with Gasteiger partial charge in [0.1, 0.15) is 0 Å². The molecule has 0 bridgehead atoms. The fourth-order valence-corrected chi connectivity index (χ4v) is 1.05. The molecule has 2 nitrogen and oxygen atoms in total. The molecular weight excluding hydrogens is 138 g/mol. The Balaban J connectivity index is 3.20. The number of nitrogens with one attached hydrogen (secondary N) is 1. The zero-order valence-electron chi connectivity index (χ0n) is 8.02. The fourth-order valence-electron chi connectivity index (χ4n) is 1.05. The van der Waals surface area contributed by atoms with Crippen LogP contribution in [0.25, 0.3) is 0 Å². The van der Waals surface area contributed by atoms with Crippen molar-refractivity contribution in [3.05, 3.63) is 0 Å². The van der Waals surface area contributed by atoms with Crippen LogP contribution >= 0.6 is 0 Å². The van der Waals surface area contributed by atoms with Gasteiger partial charge in [0.15, 0.2) is 0 Å². The van der Waals surface area contributed by atoms with Gasteiger partial charge in [-0.1, -0.05) is 20.3 Å². The molecule has 0 saturated carbocycles. The van der Waals surface area contributed by atoms with Crippen molar-refractivity contribution in [1.82, 2.24) is 5.32 Å². The average molecular weight is 159 g/mol. The Morgan fingerprint density at radius 3 is 2.55 bits per heavy atom. The van der Waals surface area contributed by atoms with Crippen molar-refractivity contribution >= 4 is 0 Å². The van der Waals surface area contributed by atoms with E-state index in [0.29, 0.717) is 6.10 Å². The summed E-state index contributed by atoms with van der Waals surface area (Å²) in [6.45, 7) is 6.18. The number of hydrogen-bond donors (Lipinski definition) is 1. The summed E-state index contributed by atoms with van der Waals surface area (Å²) in [7, 11) is 1.95. The summed E-state index contributed by atoms with van der Waals surface area (Å²) in [5.74, 6) is 0. The van der Waals surface area contributed by atoms with Gasteiger partial charge < -0.3 is 10.1 Å². The highest BCUT2D eigenvalue weighted by Gasteiger charge is 2.02. The van der Waals surface area contributed by atoms with Crippen LogP contribution in [-0.2, 0) is 4.74 Å². The van der Waals surface area contributed by atoms with Crippen molar-refractivity contribution in [3.8, 4) is 0 Å². The van der Waals surface area contributed by atoms with Crippen LogP contribution in [0.4, 0.5) is 0 Å². The molecule has 0 radical (unpaired) electrons. The van der Waals surface area contributed by atoms with Crippen molar-refractivity contribution in [2.24, 2.45) is 0 Å². The molecule has 0 rings (SSSR count). The van der Waals surface area contributed by atoms with Gasteiger partial charge in [-0.05, 0) is 19.9 Å². The van der Waals surface area contributed by atoms with Gasteiger partial charge in [0.2, 0.25) is 0 Å². The summed E-state index contributed by atoms with van der Waals surface area (Å²) in [6, 6.07) is 0. The van der Waals surface area contributed by atoms with Crippen LogP contribution in [0.1, 0.15) is 33.1 Å². The molecule has 0 aliphatic rings. The van der Waals surface area contributed by atoms with Gasteiger partial charge >= 0.3 is 0 Å². The van der Waals surface area contributed by atoms with Crippen LogP contribution in [0.15, 0.2) is 0 Å². The first-order valence-corrected chi connectivity index (χ1v) is 4.61. The molecule has 68 valence electrons. The molecule has 0 saturated heterocycles. The van der Waals surface area contributed by atoms with Gasteiger partial charge in [0.05, 0.1) is 12.7 Å². The van der Waals surface area contributed by atoms with Gasteiger partial charge in [-0.2, -0.15) is 0 Å². The maximum absolute atomic E-state index is 5.61. The molecule has 0 spiro atoms. The second-order valence-corrected chi connectivity index (χ2v) is 2.79. The van der Waals surface area contributed by atoms with E-state index in [4.69, 9.17) is 4.74 Å². The van der Waals surface area contributed by atoms with Crippen LogP contribution in [0, 0.1) is 0 Å². The maximum Gasteiger partial charge on any atom is 0.0594 e. The summed E-state index contributed by atoms with van der Waals surface area (Å²) < 4.78 is 5.61.